The third-order valence-corrected chi connectivity index (χ3v) is 6.67. The number of rotatable bonds is 8. The summed E-state index contributed by atoms with van der Waals surface area (Å²) < 4.78 is 6.37. The summed E-state index contributed by atoms with van der Waals surface area (Å²) in [5.41, 5.74) is 1.94. The van der Waals surface area contributed by atoms with E-state index in [1.165, 1.54) is 0 Å². The van der Waals surface area contributed by atoms with Gasteiger partial charge in [0.1, 0.15) is 12.7 Å². The second-order valence-electron chi connectivity index (χ2n) is 8.63. The van der Waals surface area contributed by atoms with Crippen molar-refractivity contribution in [2.75, 3.05) is 49.7 Å². The zero-order chi connectivity index (χ0) is 26.6. The molecule has 3 N–H and O–H groups in total. The van der Waals surface area contributed by atoms with Crippen molar-refractivity contribution in [3.05, 3.63) is 75.1 Å². The number of aliphatic hydroxyl groups is 2. The highest BCUT2D eigenvalue weighted by molar-refractivity contribution is 6.39. The predicted octanol–water partition coefficient (Wildman–Crippen LogP) is 3.13. The Morgan fingerprint density at radius 1 is 1.11 bits per heavy atom. The van der Waals surface area contributed by atoms with Gasteiger partial charge < -0.3 is 30.0 Å². The summed E-state index contributed by atoms with van der Waals surface area (Å²) in [6.45, 7) is 2.20. The molecule has 0 amide bonds. The SMILES string of the molecule is O=c1c(-c2c(Cl)cccc2Cl)cc2cnc(Nc3ccc(N4CCOCC4)cc3)nc2n1OC[C@@H](O)CO. The molecular formula is C26H25Cl2N5O5. The van der Waals surface area contributed by atoms with Crippen LogP contribution in [0.4, 0.5) is 17.3 Å². The van der Waals surface area contributed by atoms with Crippen LogP contribution in [-0.4, -0.2) is 70.5 Å². The van der Waals surface area contributed by atoms with Crippen molar-refractivity contribution in [3.8, 4) is 11.1 Å². The van der Waals surface area contributed by atoms with E-state index < -0.39 is 18.3 Å². The minimum Gasteiger partial charge on any atom is -0.406 e. The summed E-state index contributed by atoms with van der Waals surface area (Å²) in [7, 11) is 0. The zero-order valence-corrected chi connectivity index (χ0v) is 21.7. The standard InChI is InChI=1S/C26H25Cl2N5O5/c27-21-2-1-3-22(28)23(21)20-12-16-13-29-26(31-24(16)33(25(20)36)38-15-19(35)14-34)30-17-4-6-18(7-5-17)32-8-10-37-11-9-32/h1-7,12-13,19,34-35H,8-11,14-15H2,(H,29,30,31)/t19-/m0/s1. The summed E-state index contributed by atoms with van der Waals surface area (Å²) in [5.74, 6) is 0.236. The van der Waals surface area contributed by atoms with Gasteiger partial charge in [0.25, 0.3) is 5.56 Å². The summed E-state index contributed by atoms with van der Waals surface area (Å²) in [4.78, 5) is 30.3. The number of hydrogen-bond acceptors (Lipinski definition) is 9. The number of halogens is 2. The number of hydrogen-bond donors (Lipinski definition) is 3. The van der Waals surface area contributed by atoms with Gasteiger partial charge in [-0.3, -0.25) is 4.79 Å². The number of fused-ring (bicyclic) bond motifs is 1. The van der Waals surface area contributed by atoms with Crippen molar-refractivity contribution in [3.63, 3.8) is 0 Å². The van der Waals surface area contributed by atoms with E-state index in [1.54, 1.807) is 30.5 Å². The summed E-state index contributed by atoms with van der Waals surface area (Å²) in [5, 5.41) is 23.2. The monoisotopic (exact) mass is 557 g/mol. The molecule has 0 saturated carbocycles. The number of nitrogens with zero attached hydrogens (tertiary/aromatic N) is 4. The van der Waals surface area contributed by atoms with Gasteiger partial charge in [-0.25, -0.2) is 4.98 Å². The fourth-order valence-corrected chi connectivity index (χ4v) is 4.70. The lowest BCUT2D eigenvalue weighted by Gasteiger charge is -2.28. The molecule has 0 spiro atoms. The molecule has 1 aliphatic rings. The minimum atomic E-state index is -1.20. The predicted molar refractivity (Wildman–Crippen MR) is 147 cm³/mol. The van der Waals surface area contributed by atoms with Gasteiger partial charge in [-0.05, 0) is 42.5 Å². The molecule has 1 fully saturated rings. The first-order valence-corrected chi connectivity index (χ1v) is 12.7. The maximum absolute atomic E-state index is 13.5. The van der Waals surface area contributed by atoms with Crippen molar-refractivity contribution in [2.24, 2.45) is 0 Å². The Morgan fingerprint density at radius 3 is 2.50 bits per heavy atom. The lowest BCUT2D eigenvalue weighted by molar-refractivity contribution is 0.0000179. The van der Waals surface area contributed by atoms with Crippen LogP contribution in [0.1, 0.15) is 0 Å². The Hall–Kier alpha value is -3.41. The minimum absolute atomic E-state index is 0.162. The lowest BCUT2D eigenvalue weighted by Crippen LogP contribution is -2.36. The third kappa shape index (κ3) is 5.54. The van der Waals surface area contributed by atoms with E-state index in [2.05, 4.69) is 20.2 Å². The number of morpholine rings is 1. The summed E-state index contributed by atoms with van der Waals surface area (Å²) in [6.07, 6.45) is 0.344. The second-order valence-corrected chi connectivity index (χ2v) is 9.44. The number of aromatic nitrogens is 3. The molecule has 198 valence electrons. The van der Waals surface area contributed by atoms with Gasteiger partial charge in [-0.15, -0.1) is 4.73 Å². The van der Waals surface area contributed by atoms with Crippen LogP contribution in [0.25, 0.3) is 22.2 Å². The van der Waals surface area contributed by atoms with E-state index in [9.17, 15) is 15.0 Å². The van der Waals surface area contributed by atoms with Crippen molar-refractivity contribution >= 4 is 51.6 Å². The average Bonchev–Trinajstić information content (AvgIpc) is 2.93. The fraction of sp³-hybridized carbons (Fsp3) is 0.269. The average molecular weight is 558 g/mol. The molecule has 2 aromatic carbocycles. The van der Waals surface area contributed by atoms with E-state index in [0.717, 1.165) is 29.2 Å². The molecule has 0 bridgehead atoms. The molecule has 1 aliphatic heterocycles. The lowest BCUT2D eigenvalue weighted by atomic mass is 10.1. The van der Waals surface area contributed by atoms with Gasteiger partial charge >= 0.3 is 0 Å². The largest absolute Gasteiger partial charge is 0.406 e. The molecule has 0 aliphatic carbocycles. The quantitative estimate of drug-likeness (QED) is 0.300. The van der Waals surface area contributed by atoms with Crippen LogP contribution in [0.5, 0.6) is 0 Å². The Bertz CT molecular complexity index is 1470. The van der Waals surface area contributed by atoms with Crippen LogP contribution >= 0.6 is 23.2 Å². The molecule has 5 rings (SSSR count). The fourth-order valence-electron chi connectivity index (χ4n) is 4.10. The van der Waals surface area contributed by atoms with Crippen LogP contribution in [0.3, 0.4) is 0 Å². The van der Waals surface area contributed by atoms with Gasteiger partial charge in [-0.1, -0.05) is 29.3 Å². The molecule has 1 atom stereocenters. The number of ether oxygens (including phenoxy) is 1. The van der Waals surface area contributed by atoms with E-state index in [1.807, 2.05) is 24.3 Å². The zero-order valence-electron chi connectivity index (χ0n) is 20.2. The van der Waals surface area contributed by atoms with Crippen LogP contribution in [0.2, 0.25) is 10.0 Å². The Kier molecular flexibility index (Phi) is 7.96. The number of benzene rings is 2. The van der Waals surface area contributed by atoms with E-state index >= 15 is 0 Å². The number of nitrogens with one attached hydrogen (secondary N) is 1. The molecule has 3 heterocycles. The van der Waals surface area contributed by atoms with Gasteiger partial charge in [0.15, 0.2) is 5.65 Å². The number of aliphatic hydroxyl groups excluding tert-OH is 2. The van der Waals surface area contributed by atoms with Crippen molar-refractivity contribution in [1.29, 1.82) is 0 Å². The van der Waals surface area contributed by atoms with Gasteiger partial charge in [0.2, 0.25) is 5.95 Å². The molecule has 38 heavy (non-hydrogen) atoms. The first-order valence-electron chi connectivity index (χ1n) is 11.9. The highest BCUT2D eigenvalue weighted by Gasteiger charge is 2.19. The Labute approximate surface area is 227 Å². The first-order chi connectivity index (χ1) is 18.4. The van der Waals surface area contributed by atoms with Crippen LogP contribution in [0, 0.1) is 0 Å². The van der Waals surface area contributed by atoms with E-state index in [0.29, 0.717) is 24.2 Å². The van der Waals surface area contributed by atoms with Crippen molar-refractivity contribution < 1.29 is 19.8 Å². The third-order valence-electron chi connectivity index (χ3n) is 6.04. The molecule has 0 radical (unpaired) electrons. The normalized spacial score (nSPS) is 14.5. The number of pyridine rings is 1. The van der Waals surface area contributed by atoms with Crippen molar-refractivity contribution in [2.45, 2.75) is 6.10 Å². The smallest absolute Gasteiger partial charge is 0.293 e. The molecule has 10 nitrogen and oxygen atoms in total. The van der Waals surface area contributed by atoms with Gasteiger partial charge in [0, 0.05) is 41.6 Å². The van der Waals surface area contributed by atoms with Crippen LogP contribution in [0.15, 0.2) is 59.5 Å². The molecule has 4 aromatic rings. The summed E-state index contributed by atoms with van der Waals surface area (Å²) >= 11 is 12.7. The molecule has 12 heteroatoms. The first kappa shape index (κ1) is 26.2. The van der Waals surface area contributed by atoms with E-state index in [-0.39, 0.29) is 33.8 Å². The molecular weight excluding hydrogens is 533 g/mol. The van der Waals surface area contributed by atoms with E-state index in [4.69, 9.17) is 32.8 Å². The number of anilines is 3. The van der Waals surface area contributed by atoms with Crippen LogP contribution in [-0.2, 0) is 4.74 Å². The maximum atomic E-state index is 13.5. The highest BCUT2D eigenvalue weighted by Crippen LogP contribution is 2.34. The van der Waals surface area contributed by atoms with Crippen LogP contribution < -0.4 is 20.6 Å². The van der Waals surface area contributed by atoms with Crippen molar-refractivity contribution in [1.82, 2.24) is 14.7 Å². The Balaban J connectivity index is 1.51. The second kappa shape index (κ2) is 11.5. The van der Waals surface area contributed by atoms with Gasteiger partial charge in [0.05, 0.1) is 35.4 Å². The topological polar surface area (TPSA) is 122 Å². The molecule has 0 unspecified atom stereocenters. The van der Waals surface area contributed by atoms with Gasteiger partial charge in [-0.2, -0.15) is 4.98 Å². The maximum Gasteiger partial charge on any atom is 0.293 e. The molecule has 2 aromatic heterocycles. The highest BCUT2D eigenvalue weighted by atomic mass is 35.5. The molecule has 1 saturated heterocycles. The summed E-state index contributed by atoms with van der Waals surface area (Å²) in [6, 6.07) is 14.4. The Morgan fingerprint density at radius 2 is 1.82 bits per heavy atom.